The van der Waals surface area contributed by atoms with Gasteiger partial charge in [0.15, 0.2) is 0 Å². The molecular weight excluding hydrogens is 280 g/mol. The Morgan fingerprint density at radius 2 is 1.86 bits per heavy atom. The number of hydrogen-bond acceptors (Lipinski definition) is 2. The first-order chi connectivity index (χ1) is 10.2. The number of likely N-dealkylation sites (N-methyl/N-ethyl adjacent to an activating group) is 1. The van der Waals surface area contributed by atoms with Crippen LogP contribution in [0.4, 0.5) is 0 Å². The molecule has 0 spiro atoms. The van der Waals surface area contributed by atoms with Crippen LogP contribution in [0.1, 0.15) is 37.2 Å². The molecule has 0 amide bonds. The van der Waals surface area contributed by atoms with Crippen LogP contribution in [0.3, 0.4) is 0 Å². The molecule has 2 nitrogen and oxygen atoms in total. The van der Waals surface area contributed by atoms with E-state index in [0.717, 1.165) is 10.9 Å². The molecule has 3 heteroatoms. The van der Waals surface area contributed by atoms with E-state index in [1.165, 1.54) is 64.0 Å². The van der Waals surface area contributed by atoms with Crippen molar-refractivity contribution < 1.29 is 0 Å². The third kappa shape index (κ3) is 4.00. The van der Waals surface area contributed by atoms with Crippen molar-refractivity contribution in [3.63, 3.8) is 0 Å². The summed E-state index contributed by atoms with van der Waals surface area (Å²) in [6, 6.07) is 8.59. The molecule has 1 aliphatic carbocycles. The highest BCUT2D eigenvalue weighted by Gasteiger charge is 2.29. The first kappa shape index (κ1) is 15.3. The fourth-order valence-electron chi connectivity index (χ4n) is 3.93. The summed E-state index contributed by atoms with van der Waals surface area (Å²) < 4.78 is 0. The Hall–Kier alpha value is -0.570. The third-order valence-corrected chi connectivity index (χ3v) is 5.53. The van der Waals surface area contributed by atoms with Gasteiger partial charge >= 0.3 is 0 Å². The Morgan fingerprint density at radius 1 is 1.14 bits per heavy atom. The number of piperazine rings is 1. The van der Waals surface area contributed by atoms with E-state index in [1.54, 1.807) is 0 Å². The minimum Gasteiger partial charge on any atom is -0.304 e. The van der Waals surface area contributed by atoms with E-state index < -0.39 is 0 Å². The molecule has 0 N–H and O–H groups in total. The van der Waals surface area contributed by atoms with E-state index >= 15 is 0 Å². The van der Waals surface area contributed by atoms with Gasteiger partial charge in [-0.1, -0.05) is 36.6 Å². The summed E-state index contributed by atoms with van der Waals surface area (Å²) in [4.78, 5) is 5.09. The molecule has 1 aromatic rings. The van der Waals surface area contributed by atoms with Gasteiger partial charge in [0.25, 0.3) is 0 Å². The number of nitrogens with zero attached hydrogens (tertiary/aromatic N) is 2. The van der Waals surface area contributed by atoms with Gasteiger partial charge in [-0.3, -0.25) is 0 Å². The van der Waals surface area contributed by atoms with Gasteiger partial charge in [-0.05, 0) is 49.4 Å². The largest absolute Gasteiger partial charge is 0.304 e. The molecule has 116 valence electrons. The van der Waals surface area contributed by atoms with E-state index in [2.05, 4.69) is 35.0 Å². The van der Waals surface area contributed by atoms with E-state index in [9.17, 15) is 0 Å². The number of benzene rings is 1. The molecule has 1 saturated carbocycles. The quantitative estimate of drug-likeness (QED) is 0.833. The summed E-state index contributed by atoms with van der Waals surface area (Å²) in [5, 5.41) is 0.883. The van der Waals surface area contributed by atoms with Crippen molar-refractivity contribution in [2.45, 2.75) is 31.6 Å². The molecule has 2 fully saturated rings. The molecule has 1 heterocycles. The van der Waals surface area contributed by atoms with Gasteiger partial charge in [-0.25, -0.2) is 0 Å². The maximum atomic E-state index is 6.24. The highest BCUT2D eigenvalue weighted by atomic mass is 35.5. The number of rotatable bonds is 4. The normalized spacial score (nSPS) is 23.5. The highest BCUT2D eigenvalue weighted by Crippen LogP contribution is 2.38. The van der Waals surface area contributed by atoms with Gasteiger partial charge in [0, 0.05) is 37.7 Å². The first-order valence-electron chi connectivity index (χ1n) is 8.39. The summed E-state index contributed by atoms with van der Waals surface area (Å²) in [5.41, 5.74) is 1.45. The minimum atomic E-state index is 0.662. The van der Waals surface area contributed by atoms with Crippen molar-refractivity contribution in [1.82, 2.24) is 9.80 Å². The van der Waals surface area contributed by atoms with Gasteiger partial charge in [0.05, 0.1) is 0 Å². The molecule has 2 aliphatic rings. The molecule has 1 saturated heterocycles. The molecule has 1 aromatic carbocycles. The second-order valence-electron chi connectivity index (χ2n) is 6.81. The van der Waals surface area contributed by atoms with Gasteiger partial charge in [0.1, 0.15) is 0 Å². The van der Waals surface area contributed by atoms with Crippen LogP contribution >= 0.6 is 11.6 Å². The highest BCUT2D eigenvalue weighted by molar-refractivity contribution is 6.30. The van der Waals surface area contributed by atoms with Crippen LogP contribution in [0.5, 0.6) is 0 Å². The first-order valence-corrected chi connectivity index (χ1v) is 8.76. The van der Waals surface area contributed by atoms with Gasteiger partial charge < -0.3 is 9.80 Å². The fourth-order valence-corrected chi connectivity index (χ4v) is 4.13. The van der Waals surface area contributed by atoms with Crippen LogP contribution in [0.2, 0.25) is 5.02 Å². The summed E-state index contributed by atoms with van der Waals surface area (Å²) in [6.45, 7) is 6.03. The lowest BCUT2D eigenvalue weighted by Gasteiger charge is -2.36. The van der Waals surface area contributed by atoms with Gasteiger partial charge in [-0.15, -0.1) is 0 Å². The predicted octanol–water partition coefficient (Wildman–Crippen LogP) is 3.86. The Bertz CT molecular complexity index is 448. The monoisotopic (exact) mass is 306 g/mol. The topological polar surface area (TPSA) is 6.48 Å². The Balaban J connectivity index is 1.73. The van der Waals surface area contributed by atoms with Crippen LogP contribution in [-0.2, 0) is 0 Å². The van der Waals surface area contributed by atoms with Crippen molar-refractivity contribution in [3.05, 3.63) is 34.9 Å². The molecular formula is C18H27ClN2. The van der Waals surface area contributed by atoms with Crippen LogP contribution in [0.25, 0.3) is 0 Å². The standard InChI is InChI=1S/C18H27ClN2/c1-20-9-11-21(12-10-20)14-18(15-5-2-3-6-15)16-7-4-8-17(19)13-16/h4,7-8,13,15,18H,2-3,5-6,9-12,14H2,1H3/t18-/m1/s1. The molecule has 0 aromatic heterocycles. The summed E-state index contributed by atoms with van der Waals surface area (Å²) in [7, 11) is 2.22. The van der Waals surface area contributed by atoms with Crippen LogP contribution in [-0.4, -0.2) is 49.6 Å². The second-order valence-corrected chi connectivity index (χ2v) is 7.25. The smallest absolute Gasteiger partial charge is 0.0408 e. The zero-order chi connectivity index (χ0) is 14.7. The van der Waals surface area contributed by atoms with Crippen LogP contribution < -0.4 is 0 Å². The lowest BCUT2D eigenvalue weighted by atomic mass is 9.84. The molecule has 21 heavy (non-hydrogen) atoms. The number of halogens is 1. The molecule has 0 unspecified atom stereocenters. The maximum Gasteiger partial charge on any atom is 0.0408 e. The van der Waals surface area contributed by atoms with Crippen molar-refractivity contribution >= 4 is 11.6 Å². The molecule has 1 atom stereocenters. The van der Waals surface area contributed by atoms with Gasteiger partial charge in [-0.2, -0.15) is 0 Å². The Kier molecular flexibility index (Phi) is 5.20. The Labute approximate surface area is 134 Å². The summed E-state index contributed by atoms with van der Waals surface area (Å²) in [6.07, 6.45) is 5.60. The second kappa shape index (κ2) is 7.13. The third-order valence-electron chi connectivity index (χ3n) is 5.30. The van der Waals surface area contributed by atoms with Crippen molar-refractivity contribution in [2.75, 3.05) is 39.8 Å². The van der Waals surface area contributed by atoms with E-state index in [-0.39, 0.29) is 0 Å². The van der Waals surface area contributed by atoms with E-state index in [0.29, 0.717) is 5.92 Å². The van der Waals surface area contributed by atoms with Crippen molar-refractivity contribution in [3.8, 4) is 0 Å². The summed E-state index contributed by atoms with van der Waals surface area (Å²) in [5.74, 6) is 1.51. The lowest BCUT2D eigenvalue weighted by Crippen LogP contribution is -2.46. The molecule has 3 rings (SSSR count). The number of hydrogen-bond donors (Lipinski definition) is 0. The lowest BCUT2D eigenvalue weighted by molar-refractivity contribution is 0.137. The maximum absolute atomic E-state index is 6.24. The average molecular weight is 307 g/mol. The molecule has 0 radical (unpaired) electrons. The van der Waals surface area contributed by atoms with E-state index in [1.807, 2.05) is 6.07 Å². The van der Waals surface area contributed by atoms with E-state index in [4.69, 9.17) is 11.6 Å². The predicted molar refractivity (Wildman–Crippen MR) is 90.1 cm³/mol. The minimum absolute atomic E-state index is 0.662. The average Bonchev–Trinajstić information content (AvgIpc) is 3.00. The fraction of sp³-hybridized carbons (Fsp3) is 0.667. The summed E-state index contributed by atoms with van der Waals surface area (Å²) >= 11 is 6.24. The zero-order valence-corrected chi connectivity index (χ0v) is 13.9. The Morgan fingerprint density at radius 3 is 2.52 bits per heavy atom. The SMILES string of the molecule is CN1CCN(C[C@@H](c2cccc(Cl)c2)C2CCCC2)CC1. The molecule has 0 bridgehead atoms. The van der Waals surface area contributed by atoms with Gasteiger partial charge in [0.2, 0.25) is 0 Å². The van der Waals surface area contributed by atoms with Crippen molar-refractivity contribution in [2.24, 2.45) is 5.92 Å². The van der Waals surface area contributed by atoms with Crippen LogP contribution in [0, 0.1) is 5.92 Å². The van der Waals surface area contributed by atoms with Crippen LogP contribution in [0.15, 0.2) is 24.3 Å². The molecule has 1 aliphatic heterocycles. The zero-order valence-electron chi connectivity index (χ0n) is 13.1. The van der Waals surface area contributed by atoms with Crippen molar-refractivity contribution in [1.29, 1.82) is 0 Å².